The zero-order chi connectivity index (χ0) is 16.7. The van der Waals surface area contributed by atoms with Crippen molar-refractivity contribution in [3.8, 4) is 0 Å². The normalized spacial score (nSPS) is 19.3. The first kappa shape index (κ1) is 17.0. The van der Waals surface area contributed by atoms with E-state index in [9.17, 15) is 4.79 Å². The van der Waals surface area contributed by atoms with Crippen LogP contribution in [0.3, 0.4) is 0 Å². The van der Waals surface area contributed by atoms with Crippen molar-refractivity contribution in [2.24, 2.45) is 0 Å². The molecule has 1 fully saturated rings. The monoisotopic (exact) mass is 304 g/mol. The summed E-state index contributed by atoms with van der Waals surface area (Å²) in [4.78, 5) is 18.4. The third-order valence-electron chi connectivity index (χ3n) is 4.68. The summed E-state index contributed by atoms with van der Waals surface area (Å²) in [6, 6.07) is 1.83. The number of nitrogens with zero attached hydrogens (tertiary/aromatic N) is 2. The predicted octanol–water partition coefficient (Wildman–Crippen LogP) is 1.78. The first-order chi connectivity index (χ1) is 10.1. The predicted molar refractivity (Wildman–Crippen MR) is 87.3 cm³/mol. The summed E-state index contributed by atoms with van der Waals surface area (Å²) in [5.74, 6) is -0.0362. The molecule has 1 aromatic heterocycles. The minimum absolute atomic E-state index is 0.0362. The maximum absolute atomic E-state index is 12.4. The van der Waals surface area contributed by atoms with Crippen LogP contribution in [0.1, 0.15) is 50.7 Å². The lowest BCUT2D eigenvalue weighted by atomic mass is 9.79. The van der Waals surface area contributed by atoms with E-state index < -0.39 is 18.3 Å². The van der Waals surface area contributed by atoms with E-state index >= 15 is 0 Å². The lowest BCUT2D eigenvalue weighted by Crippen LogP contribution is -2.41. The molecular weight excluding hydrogens is 279 g/mol. The number of carbonyl (C=O) groups is 1. The maximum atomic E-state index is 12.4. The van der Waals surface area contributed by atoms with Crippen molar-refractivity contribution in [3.63, 3.8) is 0 Å². The van der Waals surface area contributed by atoms with Crippen molar-refractivity contribution in [1.82, 2.24) is 9.88 Å². The fourth-order valence-corrected chi connectivity index (χ4v) is 2.22. The van der Waals surface area contributed by atoms with Crippen molar-refractivity contribution in [3.05, 3.63) is 23.5 Å². The first-order valence-electron chi connectivity index (χ1n) is 7.66. The largest absolute Gasteiger partial charge is 0.496 e. The highest BCUT2D eigenvalue weighted by Crippen LogP contribution is 2.36. The lowest BCUT2D eigenvalue weighted by Gasteiger charge is -2.32. The van der Waals surface area contributed by atoms with Gasteiger partial charge in [0.1, 0.15) is 0 Å². The van der Waals surface area contributed by atoms with Crippen LogP contribution in [0.2, 0.25) is 0 Å². The lowest BCUT2D eigenvalue weighted by molar-refractivity contribution is 0.00578. The highest BCUT2D eigenvalue weighted by molar-refractivity contribution is 6.62. The Morgan fingerprint density at radius 2 is 1.82 bits per heavy atom. The molecular formula is C16H25BN2O3. The Balaban J connectivity index is 2.34. The molecule has 1 aromatic rings. The number of rotatable bonds is 3. The average Bonchev–Trinajstić information content (AvgIpc) is 2.66. The second-order valence-corrected chi connectivity index (χ2v) is 6.81. The van der Waals surface area contributed by atoms with E-state index in [0.29, 0.717) is 17.8 Å². The van der Waals surface area contributed by atoms with Crippen LogP contribution in [0, 0.1) is 6.92 Å². The Labute approximate surface area is 133 Å². The molecule has 6 heteroatoms. The molecule has 1 saturated heterocycles. The molecule has 1 aliphatic rings. The molecule has 1 aliphatic heterocycles. The molecule has 0 unspecified atom stereocenters. The number of aryl methyl sites for hydroxylation is 1. The van der Waals surface area contributed by atoms with Gasteiger partial charge in [0.2, 0.25) is 0 Å². The molecule has 5 nitrogen and oxygen atoms in total. The summed E-state index contributed by atoms with van der Waals surface area (Å²) in [6.07, 6.45) is 1.72. The van der Waals surface area contributed by atoms with Gasteiger partial charge in [-0.2, -0.15) is 0 Å². The molecule has 0 N–H and O–H groups in total. The number of hydrogen-bond donors (Lipinski definition) is 0. The quantitative estimate of drug-likeness (QED) is 0.799. The van der Waals surface area contributed by atoms with Gasteiger partial charge in [0.25, 0.3) is 5.91 Å². The third kappa shape index (κ3) is 2.90. The molecule has 1 amide bonds. The number of hydrogen-bond acceptors (Lipinski definition) is 4. The average molecular weight is 304 g/mol. The topological polar surface area (TPSA) is 51.7 Å². The van der Waals surface area contributed by atoms with Gasteiger partial charge in [-0.3, -0.25) is 9.78 Å². The minimum atomic E-state index is -0.503. The van der Waals surface area contributed by atoms with Gasteiger partial charge < -0.3 is 14.2 Å². The van der Waals surface area contributed by atoms with Crippen LogP contribution in [-0.4, -0.2) is 47.7 Å². The Morgan fingerprint density at radius 3 is 2.32 bits per heavy atom. The number of amides is 1. The van der Waals surface area contributed by atoms with E-state index in [1.54, 1.807) is 18.1 Å². The number of carbonyl (C=O) groups excluding carboxylic acids is 1. The molecule has 0 saturated carbocycles. The summed E-state index contributed by atoms with van der Waals surface area (Å²) < 4.78 is 12.0. The molecule has 0 bridgehead atoms. The Hall–Kier alpha value is -1.40. The number of aromatic nitrogens is 1. The van der Waals surface area contributed by atoms with Crippen LogP contribution in [0.15, 0.2) is 12.3 Å². The van der Waals surface area contributed by atoms with Gasteiger partial charge in [0, 0.05) is 30.9 Å². The van der Waals surface area contributed by atoms with Crippen molar-refractivity contribution in [2.75, 3.05) is 13.6 Å². The minimum Gasteiger partial charge on any atom is -0.399 e. The van der Waals surface area contributed by atoms with Gasteiger partial charge in [0.15, 0.2) is 0 Å². The number of pyridine rings is 1. The summed E-state index contributed by atoms with van der Waals surface area (Å²) in [6.45, 7) is 12.5. The first-order valence-corrected chi connectivity index (χ1v) is 7.66. The van der Waals surface area contributed by atoms with E-state index in [-0.39, 0.29) is 5.91 Å². The SMILES string of the molecule is CCN(C)C(=O)c1cc(B2OC(C)(C)C(C)(C)O2)cnc1C. The van der Waals surface area contributed by atoms with Gasteiger partial charge in [0.05, 0.1) is 16.8 Å². The second-order valence-electron chi connectivity index (χ2n) is 6.81. The Kier molecular flexibility index (Phi) is 4.37. The standard InChI is InChI=1S/C16H25BN2O3/c1-8-19(7)14(20)13-9-12(10-18-11(13)2)17-21-15(3,4)16(5,6)22-17/h9-10H,8H2,1-7H3. The Morgan fingerprint density at radius 1 is 1.27 bits per heavy atom. The molecule has 22 heavy (non-hydrogen) atoms. The van der Waals surface area contributed by atoms with E-state index in [4.69, 9.17) is 9.31 Å². The van der Waals surface area contributed by atoms with Crippen molar-refractivity contribution in [2.45, 2.75) is 52.7 Å². The van der Waals surface area contributed by atoms with E-state index in [1.807, 2.05) is 47.6 Å². The summed E-state index contributed by atoms with van der Waals surface area (Å²) >= 11 is 0. The molecule has 0 atom stereocenters. The molecule has 2 heterocycles. The van der Waals surface area contributed by atoms with Gasteiger partial charge in [-0.1, -0.05) is 0 Å². The summed E-state index contributed by atoms with van der Waals surface area (Å²) in [5, 5.41) is 0. The van der Waals surface area contributed by atoms with Crippen molar-refractivity contribution < 1.29 is 14.1 Å². The fraction of sp³-hybridized carbons (Fsp3) is 0.625. The van der Waals surface area contributed by atoms with Crippen LogP contribution in [0.4, 0.5) is 0 Å². The van der Waals surface area contributed by atoms with Crippen LogP contribution in [0.5, 0.6) is 0 Å². The smallest absolute Gasteiger partial charge is 0.399 e. The highest BCUT2D eigenvalue weighted by atomic mass is 16.7. The molecule has 0 radical (unpaired) electrons. The van der Waals surface area contributed by atoms with E-state index in [0.717, 1.165) is 5.46 Å². The van der Waals surface area contributed by atoms with E-state index in [2.05, 4.69) is 4.98 Å². The molecule has 0 aromatic carbocycles. The summed E-state index contributed by atoms with van der Waals surface area (Å²) in [7, 11) is 1.28. The Bertz CT molecular complexity index is 571. The van der Waals surface area contributed by atoms with Crippen LogP contribution >= 0.6 is 0 Å². The molecule has 2 rings (SSSR count). The third-order valence-corrected chi connectivity index (χ3v) is 4.68. The van der Waals surface area contributed by atoms with Gasteiger partial charge in [-0.15, -0.1) is 0 Å². The molecule has 0 aliphatic carbocycles. The molecule has 0 spiro atoms. The van der Waals surface area contributed by atoms with Crippen LogP contribution in [-0.2, 0) is 9.31 Å². The van der Waals surface area contributed by atoms with Gasteiger partial charge in [-0.05, 0) is 47.6 Å². The van der Waals surface area contributed by atoms with Gasteiger partial charge in [-0.25, -0.2) is 0 Å². The van der Waals surface area contributed by atoms with Crippen molar-refractivity contribution >= 4 is 18.5 Å². The van der Waals surface area contributed by atoms with Gasteiger partial charge >= 0.3 is 7.12 Å². The van der Waals surface area contributed by atoms with Crippen molar-refractivity contribution in [1.29, 1.82) is 0 Å². The fourth-order valence-electron chi connectivity index (χ4n) is 2.22. The van der Waals surface area contributed by atoms with E-state index in [1.165, 1.54) is 0 Å². The second kappa shape index (κ2) is 5.67. The zero-order valence-electron chi connectivity index (χ0n) is 14.6. The molecule has 120 valence electrons. The zero-order valence-corrected chi connectivity index (χ0v) is 14.6. The van der Waals surface area contributed by atoms with Crippen LogP contribution in [0.25, 0.3) is 0 Å². The maximum Gasteiger partial charge on any atom is 0.496 e. The highest BCUT2D eigenvalue weighted by Gasteiger charge is 2.51. The summed E-state index contributed by atoms with van der Waals surface area (Å²) in [5.41, 5.74) is 1.26. The van der Waals surface area contributed by atoms with Crippen LogP contribution < -0.4 is 5.46 Å².